The van der Waals surface area contributed by atoms with E-state index in [0.717, 1.165) is 55.9 Å². The number of ether oxygens (including phenoxy) is 1. The minimum atomic E-state index is -0.0310. The third-order valence-electron chi connectivity index (χ3n) is 5.33. The molecule has 10 heteroatoms. The lowest BCUT2D eigenvalue weighted by atomic mass is 10.2. The molecule has 5 rings (SSSR count). The van der Waals surface area contributed by atoms with Crippen molar-refractivity contribution in [3.8, 4) is 11.3 Å². The van der Waals surface area contributed by atoms with E-state index < -0.39 is 0 Å². The standard InChI is InChI=1S/C19H22N8O2/c20-19-21-10-13(11-22-19)15-12-27-16(17(23-15)25-5-7-29-8-6-25)9-14(24-27)18(28)26-3-1-2-4-26/h9-12H,1-8H2,(H2,20,21,22). The van der Waals surface area contributed by atoms with Crippen LogP contribution in [0.5, 0.6) is 0 Å². The van der Waals surface area contributed by atoms with E-state index >= 15 is 0 Å². The molecule has 2 fully saturated rings. The summed E-state index contributed by atoms with van der Waals surface area (Å²) in [5, 5.41) is 4.58. The van der Waals surface area contributed by atoms with Crippen LogP contribution in [0, 0.1) is 0 Å². The molecular weight excluding hydrogens is 372 g/mol. The van der Waals surface area contributed by atoms with Crippen LogP contribution < -0.4 is 10.6 Å². The number of carbonyl (C=O) groups excluding carboxylic acids is 1. The van der Waals surface area contributed by atoms with Crippen molar-refractivity contribution in [2.24, 2.45) is 0 Å². The number of morpholine rings is 1. The molecule has 3 aromatic heterocycles. The quantitative estimate of drug-likeness (QED) is 0.695. The Kier molecular flexibility index (Phi) is 4.47. The van der Waals surface area contributed by atoms with Crippen molar-refractivity contribution in [3.05, 3.63) is 30.4 Å². The lowest BCUT2D eigenvalue weighted by molar-refractivity contribution is 0.0786. The van der Waals surface area contributed by atoms with E-state index in [1.165, 1.54) is 0 Å². The summed E-state index contributed by atoms with van der Waals surface area (Å²) >= 11 is 0. The maximum absolute atomic E-state index is 12.9. The first-order valence-corrected chi connectivity index (χ1v) is 9.79. The van der Waals surface area contributed by atoms with Gasteiger partial charge in [0.1, 0.15) is 5.52 Å². The van der Waals surface area contributed by atoms with Gasteiger partial charge in [0.25, 0.3) is 5.91 Å². The van der Waals surface area contributed by atoms with Crippen LogP contribution in [0.2, 0.25) is 0 Å². The Morgan fingerprint density at radius 3 is 2.52 bits per heavy atom. The Balaban J connectivity index is 1.61. The van der Waals surface area contributed by atoms with Crippen LogP contribution in [0.25, 0.3) is 16.8 Å². The second-order valence-corrected chi connectivity index (χ2v) is 7.24. The number of carbonyl (C=O) groups is 1. The maximum atomic E-state index is 12.9. The number of fused-ring (bicyclic) bond motifs is 1. The van der Waals surface area contributed by atoms with Crippen LogP contribution in [-0.4, -0.2) is 74.8 Å². The highest BCUT2D eigenvalue weighted by molar-refractivity contribution is 5.94. The minimum absolute atomic E-state index is 0.0310. The predicted molar refractivity (Wildman–Crippen MR) is 107 cm³/mol. The summed E-state index contributed by atoms with van der Waals surface area (Å²) in [6, 6.07) is 1.84. The first kappa shape index (κ1) is 17.8. The van der Waals surface area contributed by atoms with Gasteiger partial charge < -0.3 is 20.3 Å². The van der Waals surface area contributed by atoms with Gasteiger partial charge in [-0.3, -0.25) is 4.79 Å². The van der Waals surface area contributed by atoms with Gasteiger partial charge in [-0.2, -0.15) is 5.10 Å². The number of aromatic nitrogens is 5. The monoisotopic (exact) mass is 394 g/mol. The molecule has 3 aromatic rings. The third kappa shape index (κ3) is 3.35. The van der Waals surface area contributed by atoms with Gasteiger partial charge in [-0.1, -0.05) is 0 Å². The first-order chi connectivity index (χ1) is 14.2. The Labute approximate surface area is 167 Å². The highest BCUT2D eigenvalue weighted by Crippen LogP contribution is 2.27. The van der Waals surface area contributed by atoms with Crippen LogP contribution in [-0.2, 0) is 4.74 Å². The number of amides is 1. The molecule has 0 radical (unpaired) electrons. The number of nitrogens with two attached hydrogens (primary N) is 1. The molecule has 2 aliphatic rings. The van der Waals surface area contributed by atoms with Crippen LogP contribution in [0.15, 0.2) is 24.7 Å². The molecule has 150 valence electrons. The summed E-state index contributed by atoms with van der Waals surface area (Å²) in [5.41, 5.74) is 8.26. The fraction of sp³-hybridized carbons (Fsp3) is 0.421. The van der Waals surface area contributed by atoms with Gasteiger partial charge in [0.2, 0.25) is 5.95 Å². The molecule has 0 unspecified atom stereocenters. The van der Waals surface area contributed by atoms with E-state index in [4.69, 9.17) is 15.5 Å². The molecular formula is C19H22N8O2. The summed E-state index contributed by atoms with van der Waals surface area (Å²) in [6.07, 6.45) is 7.16. The molecule has 0 spiro atoms. The number of nitrogen functional groups attached to an aromatic ring is 1. The van der Waals surface area contributed by atoms with E-state index in [2.05, 4.69) is 20.0 Å². The highest BCUT2D eigenvalue weighted by Gasteiger charge is 2.25. The fourth-order valence-corrected chi connectivity index (χ4v) is 3.78. The van der Waals surface area contributed by atoms with Gasteiger partial charge in [0.15, 0.2) is 11.5 Å². The Morgan fingerprint density at radius 2 is 1.79 bits per heavy atom. The van der Waals surface area contributed by atoms with Crippen molar-refractivity contribution in [1.82, 2.24) is 29.5 Å². The summed E-state index contributed by atoms with van der Waals surface area (Å²) in [5.74, 6) is 0.952. The molecule has 0 aromatic carbocycles. The van der Waals surface area contributed by atoms with Crippen LogP contribution in [0.1, 0.15) is 23.3 Å². The first-order valence-electron chi connectivity index (χ1n) is 9.79. The second kappa shape index (κ2) is 7.28. The summed E-state index contributed by atoms with van der Waals surface area (Å²) in [4.78, 5) is 29.9. The number of nitrogens with zero attached hydrogens (tertiary/aromatic N) is 7. The molecule has 0 bridgehead atoms. The van der Waals surface area contributed by atoms with E-state index in [1.54, 1.807) is 23.1 Å². The number of hydrogen-bond acceptors (Lipinski definition) is 8. The minimum Gasteiger partial charge on any atom is -0.378 e. The van der Waals surface area contributed by atoms with E-state index in [1.807, 2.05) is 11.0 Å². The predicted octanol–water partition coefficient (Wildman–Crippen LogP) is 0.841. The van der Waals surface area contributed by atoms with Crippen molar-refractivity contribution >= 4 is 23.2 Å². The van der Waals surface area contributed by atoms with Crippen molar-refractivity contribution in [2.75, 3.05) is 50.0 Å². The molecule has 2 saturated heterocycles. The SMILES string of the molecule is Nc1ncc(-c2cn3nc(C(=O)N4CCCC4)cc3c(N3CCOCC3)n2)cn1. The van der Waals surface area contributed by atoms with Crippen molar-refractivity contribution in [2.45, 2.75) is 12.8 Å². The molecule has 0 saturated carbocycles. The molecule has 10 nitrogen and oxygen atoms in total. The Hall–Kier alpha value is -3.27. The molecule has 2 aliphatic heterocycles. The van der Waals surface area contributed by atoms with Crippen molar-refractivity contribution < 1.29 is 9.53 Å². The molecule has 5 heterocycles. The van der Waals surface area contributed by atoms with Gasteiger partial charge in [-0.05, 0) is 12.8 Å². The van der Waals surface area contributed by atoms with Crippen LogP contribution in [0.3, 0.4) is 0 Å². The second-order valence-electron chi connectivity index (χ2n) is 7.24. The van der Waals surface area contributed by atoms with Gasteiger partial charge in [0, 0.05) is 50.2 Å². The zero-order chi connectivity index (χ0) is 19.8. The third-order valence-corrected chi connectivity index (χ3v) is 5.33. The van der Waals surface area contributed by atoms with Gasteiger partial charge in [-0.25, -0.2) is 19.5 Å². The highest BCUT2D eigenvalue weighted by atomic mass is 16.5. The summed E-state index contributed by atoms with van der Waals surface area (Å²) in [7, 11) is 0. The summed E-state index contributed by atoms with van der Waals surface area (Å²) < 4.78 is 7.21. The normalized spacial score (nSPS) is 17.2. The maximum Gasteiger partial charge on any atom is 0.274 e. The van der Waals surface area contributed by atoms with Crippen molar-refractivity contribution in [3.63, 3.8) is 0 Å². The van der Waals surface area contributed by atoms with Crippen LogP contribution in [0.4, 0.5) is 11.8 Å². The zero-order valence-electron chi connectivity index (χ0n) is 16.0. The number of hydrogen-bond donors (Lipinski definition) is 1. The van der Waals surface area contributed by atoms with E-state index in [0.29, 0.717) is 24.6 Å². The van der Waals surface area contributed by atoms with E-state index in [-0.39, 0.29) is 11.9 Å². The summed E-state index contributed by atoms with van der Waals surface area (Å²) in [6.45, 7) is 4.30. The van der Waals surface area contributed by atoms with E-state index in [9.17, 15) is 4.79 Å². The van der Waals surface area contributed by atoms with Gasteiger partial charge >= 0.3 is 0 Å². The molecule has 0 aliphatic carbocycles. The molecule has 1 amide bonds. The lowest BCUT2D eigenvalue weighted by Gasteiger charge is -2.28. The zero-order valence-corrected chi connectivity index (χ0v) is 16.0. The van der Waals surface area contributed by atoms with Gasteiger partial charge in [-0.15, -0.1) is 0 Å². The smallest absolute Gasteiger partial charge is 0.274 e. The average Bonchev–Trinajstić information content (AvgIpc) is 3.44. The largest absolute Gasteiger partial charge is 0.378 e. The number of rotatable bonds is 3. The average molecular weight is 394 g/mol. The number of anilines is 2. The van der Waals surface area contributed by atoms with Gasteiger partial charge in [0.05, 0.1) is 25.1 Å². The molecule has 29 heavy (non-hydrogen) atoms. The number of likely N-dealkylation sites (tertiary alicyclic amines) is 1. The topological polar surface area (TPSA) is 115 Å². The van der Waals surface area contributed by atoms with Crippen LogP contribution >= 0.6 is 0 Å². The Bertz CT molecular complexity index is 1040. The fourth-order valence-electron chi connectivity index (χ4n) is 3.78. The molecule has 2 N–H and O–H groups in total. The Morgan fingerprint density at radius 1 is 1.07 bits per heavy atom. The lowest BCUT2D eigenvalue weighted by Crippen LogP contribution is -2.37. The van der Waals surface area contributed by atoms with Crippen molar-refractivity contribution in [1.29, 1.82) is 0 Å². The molecule has 0 atom stereocenters.